The SMILES string of the molecule is Cc1ccc(C2=NOC3(CCCCC3)C2c2ccccc2)cc1. The van der Waals surface area contributed by atoms with Gasteiger partial charge in [0.05, 0.1) is 11.6 Å². The molecule has 2 aromatic rings. The van der Waals surface area contributed by atoms with Crippen molar-refractivity contribution < 1.29 is 4.84 Å². The van der Waals surface area contributed by atoms with Gasteiger partial charge in [-0.1, -0.05) is 71.7 Å². The van der Waals surface area contributed by atoms with Crippen LogP contribution in [0.1, 0.15) is 54.7 Å². The Kier molecular flexibility index (Phi) is 3.68. The van der Waals surface area contributed by atoms with Crippen LogP contribution in [0.15, 0.2) is 59.8 Å². The average Bonchev–Trinajstić information content (AvgIpc) is 2.95. The third kappa shape index (κ3) is 2.56. The number of nitrogens with zero attached hydrogens (tertiary/aromatic N) is 1. The highest BCUT2D eigenvalue weighted by Gasteiger charge is 2.50. The van der Waals surface area contributed by atoms with Gasteiger partial charge in [-0.3, -0.25) is 0 Å². The molecule has 2 nitrogen and oxygen atoms in total. The van der Waals surface area contributed by atoms with Crippen molar-refractivity contribution in [3.05, 3.63) is 71.3 Å². The predicted octanol–water partition coefficient (Wildman–Crippen LogP) is 5.22. The van der Waals surface area contributed by atoms with Gasteiger partial charge in [-0.25, -0.2) is 0 Å². The molecule has 23 heavy (non-hydrogen) atoms. The third-order valence-electron chi connectivity index (χ3n) is 5.31. The zero-order chi connectivity index (χ0) is 15.7. The van der Waals surface area contributed by atoms with Crippen LogP contribution in [0.5, 0.6) is 0 Å². The molecule has 1 heterocycles. The molecule has 1 fully saturated rings. The Morgan fingerprint density at radius 3 is 2.30 bits per heavy atom. The van der Waals surface area contributed by atoms with Crippen LogP contribution < -0.4 is 0 Å². The maximum atomic E-state index is 6.13. The van der Waals surface area contributed by atoms with Gasteiger partial charge in [0.25, 0.3) is 0 Å². The van der Waals surface area contributed by atoms with Crippen LogP contribution in [0.4, 0.5) is 0 Å². The van der Waals surface area contributed by atoms with Crippen molar-refractivity contribution in [2.24, 2.45) is 5.16 Å². The lowest BCUT2D eigenvalue weighted by Gasteiger charge is -2.36. The summed E-state index contributed by atoms with van der Waals surface area (Å²) in [6.45, 7) is 2.12. The minimum Gasteiger partial charge on any atom is -0.388 e. The Bertz CT molecular complexity index is 696. The largest absolute Gasteiger partial charge is 0.388 e. The van der Waals surface area contributed by atoms with Gasteiger partial charge in [-0.2, -0.15) is 0 Å². The van der Waals surface area contributed by atoms with E-state index in [9.17, 15) is 0 Å². The fourth-order valence-electron chi connectivity index (χ4n) is 4.08. The molecule has 0 aromatic heterocycles. The highest BCUT2D eigenvalue weighted by atomic mass is 16.7. The monoisotopic (exact) mass is 305 g/mol. The summed E-state index contributed by atoms with van der Waals surface area (Å²) in [6.07, 6.45) is 5.99. The number of hydrogen-bond donors (Lipinski definition) is 0. The summed E-state index contributed by atoms with van der Waals surface area (Å²) in [5.41, 5.74) is 4.74. The summed E-state index contributed by atoms with van der Waals surface area (Å²) < 4.78 is 0. The zero-order valence-corrected chi connectivity index (χ0v) is 13.7. The van der Waals surface area contributed by atoms with Crippen molar-refractivity contribution in [3.8, 4) is 0 Å². The van der Waals surface area contributed by atoms with E-state index in [1.165, 1.54) is 36.0 Å². The second kappa shape index (κ2) is 5.84. The molecule has 1 unspecified atom stereocenters. The second-order valence-corrected chi connectivity index (χ2v) is 6.90. The highest BCUT2D eigenvalue weighted by molar-refractivity contribution is 6.06. The summed E-state index contributed by atoms with van der Waals surface area (Å²) in [6, 6.07) is 19.4. The summed E-state index contributed by atoms with van der Waals surface area (Å²) >= 11 is 0. The minimum atomic E-state index is -0.139. The Hall–Kier alpha value is -2.09. The van der Waals surface area contributed by atoms with E-state index < -0.39 is 0 Å². The fourth-order valence-corrected chi connectivity index (χ4v) is 4.08. The van der Waals surface area contributed by atoms with Crippen molar-refractivity contribution in [2.75, 3.05) is 0 Å². The molecule has 1 saturated carbocycles. The van der Waals surface area contributed by atoms with Crippen molar-refractivity contribution in [1.82, 2.24) is 0 Å². The quantitative estimate of drug-likeness (QED) is 0.745. The third-order valence-corrected chi connectivity index (χ3v) is 5.31. The van der Waals surface area contributed by atoms with E-state index in [2.05, 4.69) is 66.7 Å². The maximum absolute atomic E-state index is 6.13. The molecular formula is C21H23NO. The van der Waals surface area contributed by atoms with Crippen LogP contribution in [0.25, 0.3) is 0 Å². The van der Waals surface area contributed by atoms with Crippen molar-refractivity contribution in [2.45, 2.75) is 50.5 Å². The number of hydrogen-bond acceptors (Lipinski definition) is 2. The first-order valence-electron chi connectivity index (χ1n) is 8.67. The van der Waals surface area contributed by atoms with E-state index in [1.807, 2.05) is 0 Å². The lowest BCUT2D eigenvalue weighted by atomic mass is 9.70. The van der Waals surface area contributed by atoms with Gasteiger partial charge < -0.3 is 4.84 Å². The Labute approximate surface area is 138 Å². The van der Waals surface area contributed by atoms with Crippen LogP contribution in [0, 0.1) is 6.92 Å². The minimum absolute atomic E-state index is 0.139. The van der Waals surface area contributed by atoms with E-state index in [1.54, 1.807) is 0 Å². The molecule has 2 aliphatic rings. The molecule has 0 amide bonds. The standard InChI is InChI=1S/C21H23NO/c1-16-10-12-18(13-11-16)20-19(17-8-4-2-5-9-17)21(23-22-20)14-6-3-7-15-21/h2,4-5,8-13,19H,3,6-7,14-15H2,1H3. The van der Waals surface area contributed by atoms with E-state index >= 15 is 0 Å². The highest BCUT2D eigenvalue weighted by Crippen LogP contribution is 2.48. The van der Waals surface area contributed by atoms with Crippen molar-refractivity contribution >= 4 is 5.71 Å². The normalized spacial score (nSPS) is 22.7. The molecular weight excluding hydrogens is 282 g/mol. The molecule has 4 rings (SSSR count). The first-order chi connectivity index (χ1) is 11.3. The zero-order valence-electron chi connectivity index (χ0n) is 13.7. The van der Waals surface area contributed by atoms with Gasteiger partial charge in [0.1, 0.15) is 5.60 Å². The van der Waals surface area contributed by atoms with Crippen molar-refractivity contribution in [1.29, 1.82) is 0 Å². The first-order valence-corrected chi connectivity index (χ1v) is 8.67. The molecule has 1 aliphatic heterocycles. The molecule has 0 radical (unpaired) electrons. The molecule has 0 bridgehead atoms. The molecule has 0 saturated heterocycles. The fraction of sp³-hybridized carbons (Fsp3) is 0.381. The molecule has 118 valence electrons. The topological polar surface area (TPSA) is 21.6 Å². The van der Waals surface area contributed by atoms with Gasteiger partial charge in [-0.05, 0) is 38.2 Å². The van der Waals surface area contributed by atoms with Gasteiger partial charge in [-0.15, -0.1) is 0 Å². The maximum Gasteiger partial charge on any atom is 0.150 e. The van der Waals surface area contributed by atoms with Crippen LogP contribution in [-0.2, 0) is 4.84 Å². The lowest BCUT2D eigenvalue weighted by molar-refractivity contribution is -0.0550. The molecule has 1 atom stereocenters. The molecule has 2 aromatic carbocycles. The predicted molar refractivity (Wildman–Crippen MR) is 93.8 cm³/mol. The summed E-state index contributed by atoms with van der Waals surface area (Å²) in [4.78, 5) is 6.13. The summed E-state index contributed by atoms with van der Waals surface area (Å²) in [7, 11) is 0. The number of aryl methyl sites for hydroxylation is 1. The van der Waals surface area contributed by atoms with Crippen LogP contribution in [0.2, 0.25) is 0 Å². The Morgan fingerprint density at radius 2 is 1.61 bits per heavy atom. The van der Waals surface area contributed by atoms with Gasteiger partial charge in [0.2, 0.25) is 0 Å². The smallest absolute Gasteiger partial charge is 0.150 e. The number of rotatable bonds is 2. The summed E-state index contributed by atoms with van der Waals surface area (Å²) in [5, 5.41) is 4.59. The Balaban J connectivity index is 1.77. The molecule has 0 N–H and O–H groups in total. The van der Waals surface area contributed by atoms with Gasteiger partial charge in [0, 0.05) is 5.56 Å². The van der Waals surface area contributed by atoms with E-state index in [0.717, 1.165) is 18.6 Å². The van der Waals surface area contributed by atoms with E-state index in [-0.39, 0.29) is 11.5 Å². The summed E-state index contributed by atoms with van der Waals surface area (Å²) in [5.74, 6) is 0.242. The molecule has 1 aliphatic carbocycles. The second-order valence-electron chi connectivity index (χ2n) is 6.90. The lowest BCUT2D eigenvalue weighted by Crippen LogP contribution is -2.39. The molecule has 2 heteroatoms. The van der Waals surface area contributed by atoms with Crippen LogP contribution in [0.3, 0.4) is 0 Å². The molecule has 1 spiro atoms. The van der Waals surface area contributed by atoms with Crippen LogP contribution >= 0.6 is 0 Å². The first kappa shape index (κ1) is 14.5. The number of oxime groups is 1. The van der Waals surface area contributed by atoms with Gasteiger partial charge in [0.15, 0.2) is 0 Å². The van der Waals surface area contributed by atoms with Gasteiger partial charge >= 0.3 is 0 Å². The Morgan fingerprint density at radius 1 is 0.913 bits per heavy atom. The average molecular weight is 305 g/mol. The van der Waals surface area contributed by atoms with E-state index in [0.29, 0.717) is 0 Å². The van der Waals surface area contributed by atoms with Crippen LogP contribution in [-0.4, -0.2) is 11.3 Å². The van der Waals surface area contributed by atoms with E-state index in [4.69, 9.17) is 4.84 Å². The number of benzene rings is 2. The van der Waals surface area contributed by atoms with Crippen molar-refractivity contribution in [3.63, 3.8) is 0 Å².